The quantitative estimate of drug-likeness (QED) is 0.753. The largest absolute Gasteiger partial charge is 0.383 e. The van der Waals surface area contributed by atoms with Crippen LogP contribution in [0.4, 0.5) is 5.82 Å². The number of pyridine rings is 1. The molecule has 0 bridgehead atoms. The molecule has 4 N–H and O–H groups in total. The van der Waals surface area contributed by atoms with Crippen LogP contribution in [0.2, 0.25) is 5.02 Å². The second-order valence-electron chi connectivity index (χ2n) is 3.32. The van der Waals surface area contributed by atoms with Gasteiger partial charge < -0.3 is 16.0 Å². The molecule has 0 aromatic carbocycles. The van der Waals surface area contributed by atoms with E-state index in [9.17, 15) is 0 Å². The standard InChI is InChI=1S/C10H12ClN5/c1-13-8(10-14-2-3-15-10)7-4-6(11)5-16-9(7)12/h2-5,8,13H,1H3,(H2,12,16)(H,14,15). The average Bonchev–Trinajstić information content (AvgIpc) is 2.78. The Morgan fingerprint density at radius 1 is 1.50 bits per heavy atom. The van der Waals surface area contributed by atoms with Crippen molar-refractivity contribution in [1.29, 1.82) is 0 Å². The van der Waals surface area contributed by atoms with E-state index in [1.165, 1.54) is 6.20 Å². The van der Waals surface area contributed by atoms with Gasteiger partial charge in [0.2, 0.25) is 0 Å². The van der Waals surface area contributed by atoms with Gasteiger partial charge in [0.05, 0.1) is 11.1 Å². The van der Waals surface area contributed by atoms with Gasteiger partial charge in [0.25, 0.3) is 0 Å². The molecule has 1 atom stereocenters. The molecule has 0 aliphatic carbocycles. The Kier molecular flexibility index (Phi) is 3.07. The number of anilines is 1. The van der Waals surface area contributed by atoms with Crippen molar-refractivity contribution in [1.82, 2.24) is 20.3 Å². The van der Waals surface area contributed by atoms with Crippen molar-refractivity contribution < 1.29 is 0 Å². The van der Waals surface area contributed by atoms with Crippen LogP contribution in [0.25, 0.3) is 0 Å². The fraction of sp³-hybridized carbons (Fsp3) is 0.200. The van der Waals surface area contributed by atoms with Crippen molar-refractivity contribution >= 4 is 17.4 Å². The number of hydrogen-bond donors (Lipinski definition) is 3. The molecule has 0 radical (unpaired) electrons. The van der Waals surface area contributed by atoms with E-state index in [4.69, 9.17) is 17.3 Å². The van der Waals surface area contributed by atoms with Gasteiger partial charge in [-0.2, -0.15) is 0 Å². The van der Waals surface area contributed by atoms with Gasteiger partial charge in [0, 0.05) is 24.2 Å². The third-order valence-corrected chi connectivity index (χ3v) is 2.52. The number of imidazole rings is 1. The van der Waals surface area contributed by atoms with E-state index < -0.39 is 0 Å². The summed E-state index contributed by atoms with van der Waals surface area (Å²) in [5, 5.41) is 3.67. The Morgan fingerprint density at radius 3 is 2.94 bits per heavy atom. The second-order valence-corrected chi connectivity index (χ2v) is 3.76. The van der Waals surface area contributed by atoms with Crippen LogP contribution >= 0.6 is 11.6 Å². The number of rotatable bonds is 3. The molecule has 16 heavy (non-hydrogen) atoms. The molecule has 0 fully saturated rings. The van der Waals surface area contributed by atoms with Crippen LogP contribution in [0.3, 0.4) is 0 Å². The number of nitrogens with zero attached hydrogens (tertiary/aromatic N) is 2. The van der Waals surface area contributed by atoms with Crippen molar-refractivity contribution in [3.05, 3.63) is 41.1 Å². The van der Waals surface area contributed by atoms with Gasteiger partial charge in [-0.05, 0) is 13.1 Å². The minimum Gasteiger partial charge on any atom is -0.383 e. The van der Waals surface area contributed by atoms with Crippen molar-refractivity contribution in [2.45, 2.75) is 6.04 Å². The van der Waals surface area contributed by atoms with Crippen LogP contribution in [0.5, 0.6) is 0 Å². The maximum absolute atomic E-state index is 5.90. The molecule has 0 amide bonds. The fourth-order valence-corrected chi connectivity index (χ4v) is 1.74. The lowest BCUT2D eigenvalue weighted by Crippen LogP contribution is -2.20. The number of H-pyrrole nitrogens is 1. The summed E-state index contributed by atoms with van der Waals surface area (Å²) in [4.78, 5) is 11.2. The molecule has 2 aromatic heterocycles. The number of nitrogens with one attached hydrogen (secondary N) is 2. The number of hydrogen-bond acceptors (Lipinski definition) is 4. The molecule has 0 aliphatic rings. The molecule has 84 valence electrons. The zero-order valence-electron chi connectivity index (χ0n) is 8.74. The maximum atomic E-state index is 5.90. The first-order valence-electron chi connectivity index (χ1n) is 4.80. The lowest BCUT2D eigenvalue weighted by Gasteiger charge is -2.15. The van der Waals surface area contributed by atoms with Crippen LogP contribution in [0.1, 0.15) is 17.4 Å². The van der Waals surface area contributed by atoms with Crippen LogP contribution in [-0.2, 0) is 0 Å². The lowest BCUT2D eigenvalue weighted by molar-refractivity contribution is 0.655. The predicted molar refractivity (Wildman–Crippen MR) is 63.1 cm³/mol. The first-order chi connectivity index (χ1) is 7.72. The first kappa shape index (κ1) is 10.9. The minimum atomic E-state index is -0.138. The van der Waals surface area contributed by atoms with E-state index in [1.807, 2.05) is 7.05 Å². The highest BCUT2D eigenvalue weighted by atomic mass is 35.5. The summed E-state index contributed by atoms with van der Waals surface area (Å²) in [7, 11) is 1.83. The summed E-state index contributed by atoms with van der Waals surface area (Å²) in [5.41, 5.74) is 6.63. The lowest BCUT2D eigenvalue weighted by atomic mass is 10.1. The molecule has 1 unspecified atom stereocenters. The van der Waals surface area contributed by atoms with Crippen LogP contribution in [0, 0.1) is 0 Å². The highest BCUT2D eigenvalue weighted by Gasteiger charge is 2.17. The Hall–Kier alpha value is -1.59. The smallest absolute Gasteiger partial charge is 0.128 e. The fourth-order valence-electron chi connectivity index (χ4n) is 1.57. The monoisotopic (exact) mass is 237 g/mol. The van der Waals surface area contributed by atoms with Crippen molar-refractivity contribution in [3.63, 3.8) is 0 Å². The van der Waals surface area contributed by atoms with Gasteiger partial charge in [0.15, 0.2) is 0 Å². The molecule has 0 saturated carbocycles. The molecule has 5 nitrogen and oxygen atoms in total. The third-order valence-electron chi connectivity index (χ3n) is 2.31. The van der Waals surface area contributed by atoms with E-state index in [1.54, 1.807) is 18.5 Å². The van der Waals surface area contributed by atoms with Gasteiger partial charge in [-0.25, -0.2) is 9.97 Å². The van der Waals surface area contributed by atoms with Gasteiger partial charge in [0.1, 0.15) is 11.6 Å². The van der Waals surface area contributed by atoms with E-state index in [0.29, 0.717) is 10.8 Å². The summed E-state index contributed by atoms with van der Waals surface area (Å²) in [6, 6.07) is 1.65. The molecule has 2 rings (SSSR count). The Labute approximate surface area is 98.1 Å². The van der Waals surface area contributed by atoms with E-state index in [0.717, 1.165) is 11.4 Å². The molecule has 0 saturated heterocycles. The third kappa shape index (κ3) is 2.00. The van der Waals surface area contributed by atoms with Crippen molar-refractivity contribution in [2.75, 3.05) is 12.8 Å². The van der Waals surface area contributed by atoms with Crippen molar-refractivity contribution in [2.24, 2.45) is 0 Å². The Bertz CT molecular complexity index is 468. The predicted octanol–water partition coefficient (Wildman–Crippen LogP) is 1.35. The second kappa shape index (κ2) is 4.51. The topological polar surface area (TPSA) is 79.6 Å². The highest BCUT2D eigenvalue weighted by Crippen LogP contribution is 2.25. The average molecular weight is 238 g/mol. The normalized spacial score (nSPS) is 12.6. The Morgan fingerprint density at radius 2 is 2.31 bits per heavy atom. The summed E-state index contributed by atoms with van der Waals surface area (Å²) < 4.78 is 0. The number of halogens is 1. The SMILES string of the molecule is CNC(c1ncc[nH]1)c1cc(Cl)cnc1N. The zero-order valence-corrected chi connectivity index (χ0v) is 9.49. The van der Waals surface area contributed by atoms with Gasteiger partial charge in [-0.1, -0.05) is 11.6 Å². The summed E-state index contributed by atoms with van der Waals surface area (Å²) >= 11 is 5.90. The number of aromatic amines is 1. The molecular formula is C10H12ClN5. The zero-order chi connectivity index (χ0) is 11.5. The highest BCUT2D eigenvalue weighted by molar-refractivity contribution is 6.30. The first-order valence-corrected chi connectivity index (χ1v) is 5.17. The van der Waals surface area contributed by atoms with Crippen LogP contribution < -0.4 is 11.1 Å². The molecule has 2 aromatic rings. The summed E-state index contributed by atoms with van der Waals surface area (Å²) in [6.07, 6.45) is 4.97. The number of nitrogens with two attached hydrogens (primary N) is 1. The van der Waals surface area contributed by atoms with Gasteiger partial charge in [-0.15, -0.1) is 0 Å². The number of nitrogen functional groups attached to an aromatic ring is 1. The minimum absolute atomic E-state index is 0.138. The molecular weight excluding hydrogens is 226 g/mol. The Balaban J connectivity index is 2.44. The number of aromatic nitrogens is 3. The van der Waals surface area contributed by atoms with E-state index >= 15 is 0 Å². The van der Waals surface area contributed by atoms with Crippen molar-refractivity contribution in [3.8, 4) is 0 Å². The molecule has 2 heterocycles. The molecule has 0 spiro atoms. The van der Waals surface area contributed by atoms with Crippen LogP contribution in [-0.4, -0.2) is 22.0 Å². The van der Waals surface area contributed by atoms with Gasteiger partial charge >= 0.3 is 0 Å². The van der Waals surface area contributed by atoms with E-state index in [-0.39, 0.29) is 6.04 Å². The molecule has 0 aliphatic heterocycles. The maximum Gasteiger partial charge on any atom is 0.128 e. The van der Waals surface area contributed by atoms with Gasteiger partial charge in [-0.3, -0.25) is 0 Å². The molecule has 6 heteroatoms. The van der Waals surface area contributed by atoms with E-state index in [2.05, 4.69) is 20.3 Å². The summed E-state index contributed by atoms with van der Waals surface area (Å²) in [5.74, 6) is 1.22. The van der Waals surface area contributed by atoms with Crippen LogP contribution in [0.15, 0.2) is 24.7 Å². The summed E-state index contributed by atoms with van der Waals surface area (Å²) in [6.45, 7) is 0.